The summed E-state index contributed by atoms with van der Waals surface area (Å²) in [7, 11) is 0. The van der Waals surface area contributed by atoms with E-state index in [9.17, 15) is 14.7 Å². The number of benzene rings is 2. The number of fused-ring (bicyclic) bond motifs is 1. The lowest BCUT2D eigenvalue weighted by molar-refractivity contribution is 0.102. The molecule has 40 heavy (non-hydrogen) atoms. The number of amides is 1. The number of rotatable bonds is 6. The average Bonchev–Trinajstić information content (AvgIpc) is 2.99. The fraction of sp³-hybridized carbons (Fsp3) is 0.345. The van der Waals surface area contributed by atoms with Crippen molar-refractivity contribution in [2.45, 2.75) is 38.5 Å². The van der Waals surface area contributed by atoms with Crippen LogP contribution in [0.1, 0.15) is 48.9 Å². The molecule has 2 fully saturated rings. The number of hydrogen-bond donors (Lipinski definition) is 4. The largest absolute Gasteiger partial charge is 0.506 e. The minimum Gasteiger partial charge on any atom is -0.506 e. The van der Waals surface area contributed by atoms with E-state index in [-0.39, 0.29) is 22.4 Å². The predicted molar refractivity (Wildman–Crippen MR) is 156 cm³/mol. The summed E-state index contributed by atoms with van der Waals surface area (Å²) in [5.74, 6) is 0.947. The molecule has 2 saturated heterocycles. The summed E-state index contributed by atoms with van der Waals surface area (Å²) in [6.07, 6.45) is 8.25. The zero-order chi connectivity index (χ0) is 27.5. The van der Waals surface area contributed by atoms with Crippen molar-refractivity contribution in [3.8, 4) is 5.75 Å². The van der Waals surface area contributed by atoms with Crippen molar-refractivity contribution in [1.82, 2.24) is 19.9 Å². The summed E-state index contributed by atoms with van der Waals surface area (Å²) in [6, 6.07) is 11.8. The van der Waals surface area contributed by atoms with Gasteiger partial charge in [0.1, 0.15) is 11.3 Å². The minimum atomic E-state index is -0.613. The van der Waals surface area contributed by atoms with Crippen LogP contribution < -0.4 is 25.9 Å². The molecule has 6 rings (SSSR count). The van der Waals surface area contributed by atoms with Crippen molar-refractivity contribution in [3.05, 3.63) is 64.4 Å². The second-order valence-electron chi connectivity index (χ2n) is 10.2. The van der Waals surface area contributed by atoms with Gasteiger partial charge in [0.2, 0.25) is 23.3 Å². The number of aromatic hydroxyl groups is 1. The second kappa shape index (κ2) is 11.2. The van der Waals surface area contributed by atoms with E-state index in [1.165, 1.54) is 25.1 Å². The lowest BCUT2D eigenvalue weighted by atomic mass is 10.1. The molecule has 11 heteroatoms. The molecule has 0 unspecified atom stereocenters. The molecule has 4 heterocycles. The first-order chi connectivity index (χ1) is 19.5. The van der Waals surface area contributed by atoms with E-state index in [1.54, 1.807) is 30.3 Å². The van der Waals surface area contributed by atoms with Gasteiger partial charge in [0, 0.05) is 55.0 Å². The number of hydrogen-bond acceptors (Lipinski definition) is 9. The number of carbonyl (C=O) groups excluding carboxylic acids is 1. The fourth-order valence-corrected chi connectivity index (χ4v) is 5.25. The Morgan fingerprint density at radius 1 is 0.850 bits per heavy atom. The molecule has 2 aliphatic heterocycles. The number of phenols is 1. The molecule has 0 bridgehead atoms. The Morgan fingerprint density at radius 2 is 1.50 bits per heavy atom. The van der Waals surface area contributed by atoms with Gasteiger partial charge in [-0.25, -0.2) is 0 Å². The van der Waals surface area contributed by atoms with E-state index in [0.29, 0.717) is 34.4 Å². The van der Waals surface area contributed by atoms with Crippen molar-refractivity contribution in [1.29, 1.82) is 0 Å². The number of piperidine rings is 2. The van der Waals surface area contributed by atoms with Crippen LogP contribution in [-0.4, -0.2) is 57.1 Å². The molecule has 4 aromatic rings. The topological polar surface area (TPSA) is 139 Å². The number of nitrogens with zero attached hydrogens (tertiary/aromatic N) is 5. The van der Waals surface area contributed by atoms with E-state index in [2.05, 4.69) is 25.4 Å². The zero-order valence-corrected chi connectivity index (χ0v) is 22.2. The third-order valence-corrected chi connectivity index (χ3v) is 7.42. The van der Waals surface area contributed by atoms with Gasteiger partial charge >= 0.3 is 0 Å². The van der Waals surface area contributed by atoms with Crippen LogP contribution in [0.2, 0.25) is 0 Å². The van der Waals surface area contributed by atoms with Gasteiger partial charge in [0.25, 0.3) is 5.91 Å². The number of pyridine rings is 1. The molecule has 2 aliphatic rings. The number of aromatic nitrogens is 4. The van der Waals surface area contributed by atoms with Crippen molar-refractivity contribution < 1.29 is 9.90 Å². The van der Waals surface area contributed by atoms with Crippen LogP contribution in [0.25, 0.3) is 10.9 Å². The molecule has 0 atom stereocenters. The summed E-state index contributed by atoms with van der Waals surface area (Å²) in [5.41, 5.74) is 0.961. The Bertz CT molecular complexity index is 1560. The highest BCUT2D eigenvalue weighted by atomic mass is 16.3. The van der Waals surface area contributed by atoms with Gasteiger partial charge < -0.3 is 30.5 Å². The number of phenolic OH excluding ortho intramolecular Hbond substituents is 1. The number of para-hydroxylation sites is 1. The number of carbonyl (C=O) groups is 1. The summed E-state index contributed by atoms with van der Waals surface area (Å²) in [4.78, 5) is 47.3. The maximum atomic E-state index is 12.9. The zero-order valence-electron chi connectivity index (χ0n) is 22.2. The van der Waals surface area contributed by atoms with E-state index in [1.807, 2.05) is 6.07 Å². The molecule has 1 amide bonds. The van der Waals surface area contributed by atoms with Gasteiger partial charge in [0.15, 0.2) is 0 Å². The maximum Gasteiger partial charge on any atom is 0.261 e. The fourth-order valence-electron chi connectivity index (χ4n) is 5.25. The Morgan fingerprint density at radius 3 is 2.15 bits per heavy atom. The van der Waals surface area contributed by atoms with Crippen LogP contribution >= 0.6 is 0 Å². The second-order valence-corrected chi connectivity index (χ2v) is 10.2. The Labute approximate surface area is 231 Å². The van der Waals surface area contributed by atoms with Crippen LogP contribution in [0, 0.1) is 0 Å². The quantitative estimate of drug-likeness (QED) is 0.262. The third kappa shape index (κ3) is 5.40. The standard InChI is InChI=1S/C29H32N8O3/c38-24-17-19(11-12-23(24)32-26(40)21-18-30-22-10-4-3-9-20(22)25(21)39)31-27-33-28(36-13-5-1-6-14-36)35-29(34-27)37-15-7-2-8-16-37/h3-4,9-12,17-18,38H,1-2,5-8,13-16H2,(H,30,39)(H,32,40)(H,31,33,34,35). The first kappa shape index (κ1) is 25.6. The highest BCUT2D eigenvalue weighted by Gasteiger charge is 2.21. The molecule has 11 nitrogen and oxygen atoms in total. The van der Waals surface area contributed by atoms with E-state index in [0.717, 1.165) is 51.9 Å². The summed E-state index contributed by atoms with van der Waals surface area (Å²) in [5, 5.41) is 17.0. The number of nitrogens with one attached hydrogen (secondary N) is 3. The Balaban J connectivity index is 1.22. The normalized spacial score (nSPS) is 15.7. The molecular weight excluding hydrogens is 508 g/mol. The molecular formula is C29H32N8O3. The van der Waals surface area contributed by atoms with Crippen LogP contribution in [0.4, 0.5) is 29.2 Å². The van der Waals surface area contributed by atoms with Crippen LogP contribution in [-0.2, 0) is 0 Å². The molecule has 0 saturated carbocycles. The molecule has 0 aliphatic carbocycles. The Kier molecular flexibility index (Phi) is 7.17. The van der Waals surface area contributed by atoms with Gasteiger partial charge in [-0.15, -0.1) is 0 Å². The highest BCUT2D eigenvalue weighted by Crippen LogP contribution is 2.30. The average molecular weight is 541 g/mol. The van der Waals surface area contributed by atoms with Crippen LogP contribution in [0.15, 0.2) is 53.5 Å². The van der Waals surface area contributed by atoms with E-state index >= 15 is 0 Å². The van der Waals surface area contributed by atoms with Gasteiger partial charge in [-0.3, -0.25) is 9.59 Å². The SMILES string of the molecule is O=C(Nc1ccc(Nc2nc(N3CCCCC3)nc(N3CCCCC3)n2)cc1O)c1c[nH]c2ccccc2c1=O. The smallest absolute Gasteiger partial charge is 0.261 e. The predicted octanol–water partition coefficient (Wildman–Crippen LogP) is 4.40. The van der Waals surface area contributed by atoms with Gasteiger partial charge in [-0.05, 0) is 62.8 Å². The van der Waals surface area contributed by atoms with E-state index < -0.39 is 5.91 Å². The van der Waals surface area contributed by atoms with Crippen molar-refractivity contribution in [2.75, 3.05) is 46.6 Å². The molecule has 2 aromatic heterocycles. The molecule has 0 radical (unpaired) electrons. The first-order valence-electron chi connectivity index (χ1n) is 13.8. The highest BCUT2D eigenvalue weighted by molar-refractivity contribution is 6.06. The summed E-state index contributed by atoms with van der Waals surface area (Å²) in [6.45, 7) is 3.66. The molecule has 0 spiro atoms. The lowest BCUT2D eigenvalue weighted by Crippen LogP contribution is -2.34. The lowest BCUT2D eigenvalue weighted by Gasteiger charge is -2.30. The van der Waals surface area contributed by atoms with Crippen molar-refractivity contribution in [3.63, 3.8) is 0 Å². The first-order valence-corrected chi connectivity index (χ1v) is 13.8. The van der Waals surface area contributed by atoms with Crippen LogP contribution in [0.3, 0.4) is 0 Å². The van der Waals surface area contributed by atoms with Gasteiger partial charge in [-0.2, -0.15) is 15.0 Å². The maximum absolute atomic E-state index is 12.9. The summed E-state index contributed by atoms with van der Waals surface area (Å²) >= 11 is 0. The van der Waals surface area contributed by atoms with E-state index in [4.69, 9.17) is 15.0 Å². The number of aromatic amines is 1. The van der Waals surface area contributed by atoms with Crippen molar-refractivity contribution >= 4 is 46.0 Å². The minimum absolute atomic E-state index is 0.0408. The van der Waals surface area contributed by atoms with Gasteiger partial charge in [-0.1, -0.05) is 12.1 Å². The van der Waals surface area contributed by atoms with Crippen LogP contribution in [0.5, 0.6) is 5.75 Å². The van der Waals surface area contributed by atoms with Gasteiger partial charge in [0.05, 0.1) is 5.69 Å². The Hall–Kier alpha value is -4.67. The molecule has 4 N–H and O–H groups in total. The molecule has 2 aromatic carbocycles. The number of H-pyrrole nitrogens is 1. The monoisotopic (exact) mass is 540 g/mol. The number of anilines is 5. The summed E-state index contributed by atoms with van der Waals surface area (Å²) < 4.78 is 0. The third-order valence-electron chi connectivity index (χ3n) is 7.42. The van der Waals surface area contributed by atoms with Crippen molar-refractivity contribution in [2.24, 2.45) is 0 Å². The molecule has 206 valence electrons.